The maximum atomic E-state index is 9.07. The lowest BCUT2D eigenvalue weighted by molar-refractivity contribution is -0.928. The molecule has 80 valence electrons. The molecule has 0 rings (SSSR count). The van der Waals surface area contributed by atoms with Gasteiger partial charge in [-0.3, -0.25) is 0 Å². The van der Waals surface area contributed by atoms with Gasteiger partial charge in [-0.05, 0) is 19.3 Å². The van der Waals surface area contributed by atoms with E-state index >= 15 is 0 Å². The van der Waals surface area contributed by atoms with Crippen molar-refractivity contribution >= 4 is 0 Å². The number of aliphatic hydroxyl groups is 1. The summed E-state index contributed by atoms with van der Waals surface area (Å²) >= 11 is 0. The molecule has 13 heavy (non-hydrogen) atoms. The maximum absolute atomic E-state index is 9.07. The van der Waals surface area contributed by atoms with E-state index in [1.807, 2.05) is 0 Å². The number of rotatable bonds is 8. The summed E-state index contributed by atoms with van der Waals surface area (Å²) in [7, 11) is 0. The molecule has 0 aromatic heterocycles. The molecule has 0 bridgehead atoms. The van der Waals surface area contributed by atoms with E-state index in [0.29, 0.717) is 6.61 Å². The molecule has 0 spiro atoms. The van der Waals surface area contributed by atoms with Crippen molar-refractivity contribution in [2.45, 2.75) is 40.0 Å². The second kappa shape index (κ2) is 7.34. The molecule has 0 fully saturated rings. The van der Waals surface area contributed by atoms with Gasteiger partial charge in [0.25, 0.3) is 0 Å². The van der Waals surface area contributed by atoms with E-state index in [1.54, 1.807) is 0 Å². The molecule has 0 aromatic rings. The Morgan fingerprint density at radius 3 is 1.38 bits per heavy atom. The lowest BCUT2D eigenvalue weighted by Crippen LogP contribution is -2.51. The molecular weight excluding hydrogens is 162 g/mol. The van der Waals surface area contributed by atoms with Crippen LogP contribution in [0.15, 0.2) is 0 Å². The lowest BCUT2D eigenvalue weighted by Gasteiger charge is -2.38. The van der Waals surface area contributed by atoms with Gasteiger partial charge >= 0.3 is 0 Å². The van der Waals surface area contributed by atoms with Crippen LogP contribution in [0.2, 0.25) is 0 Å². The second-order valence-corrected chi connectivity index (χ2v) is 3.96. The Kier molecular flexibility index (Phi) is 7.29. The number of aliphatic hydroxyl groups excluding tert-OH is 1. The molecule has 0 amide bonds. The molecule has 2 nitrogen and oxygen atoms in total. The summed E-state index contributed by atoms with van der Waals surface area (Å²) in [5.74, 6) is 0. The number of hydrogen-bond acceptors (Lipinski definition) is 1. The molecule has 0 aliphatic heterocycles. The van der Waals surface area contributed by atoms with Gasteiger partial charge in [-0.2, -0.15) is 0 Å². The van der Waals surface area contributed by atoms with Crippen LogP contribution in [0.3, 0.4) is 0 Å². The number of quaternary nitrogens is 1. The summed E-state index contributed by atoms with van der Waals surface area (Å²) in [6.07, 6.45) is 3.67. The van der Waals surface area contributed by atoms with Crippen LogP contribution in [-0.4, -0.2) is 42.4 Å². The van der Waals surface area contributed by atoms with Gasteiger partial charge in [0.05, 0.1) is 26.2 Å². The highest BCUT2D eigenvalue weighted by molar-refractivity contribution is 4.43. The summed E-state index contributed by atoms with van der Waals surface area (Å²) in [5, 5.41) is 9.07. The standard InChI is InChI=1S/C11H26NO/c1-4-7-12(8-5-2,9-6-3)10-11-13/h13H,4-11H2,1-3H3/q+1. The van der Waals surface area contributed by atoms with E-state index < -0.39 is 0 Å². The van der Waals surface area contributed by atoms with Crippen LogP contribution in [0.25, 0.3) is 0 Å². The van der Waals surface area contributed by atoms with Gasteiger partial charge in [0.1, 0.15) is 6.54 Å². The van der Waals surface area contributed by atoms with Gasteiger partial charge < -0.3 is 9.59 Å². The first-order valence-corrected chi connectivity index (χ1v) is 5.70. The van der Waals surface area contributed by atoms with Crippen molar-refractivity contribution in [1.82, 2.24) is 0 Å². The Bertz CT molecular complexity index is 85.1. The fourth-order valence-electron chi connectivity index (χ4n) is 2.31. The van der Waals surface area contributed by atoms with E-state index in [0.717, 1.165) is 11.0 Å². The van der Waals surface area contributed by atoms with E-state index in [1.165, 1.54) is 38.9 Å². The van der Waals surface area contributed by atoms with Gasteiger partial charge in [-0.25, -0.2) is 0 Å². The molecule has 0 aliphatic carbocycles. The van der Waals surface area contributed by atoms with Gasteiger partial charge in [-0.1, -0.05) is 20.8 Å². The molecular formula is C11H26NO+. The summed E-state index contributed by atoms with van der Waals surface area (Å²) in [4.78, 5) is 0. The molecule has 0 saturated heterocycles. The fourth-order valence-corrected chi connectivity index (χ4v) is 2.31. The van der Waals surface area contributed by atoms with Gasteiger partial charge in [-0.15, -0.1) is 0 Å². The molecule has 0 saturated carbocycles. The summed E-state index contributed by atoms with van der Waals surface area (Å²) in [6.45, 7) is 11.6. The van der Waals surface area contributed by atoms with Crippen molar-refractivity contribution < 1.29 is 9.59 Å². The lowest BCUT2D eigenvalue weighted by atomic mass is 10.2. The maximum Gasteiger partial charge on any atom is 0.102 e. The zero-order valence-electron chi connectivity index (χ0n) is 9.55. The van der Waals surface area contributed by atoms with Crippen LogP contribution in [0.4, 0.5) is 0 Å². The molecule has 0 radical (unpaired) electrons. The fraction of sp³-hybridized carbons (Fsp3) is 1.00. The van der Waals surface area contributed by atoms with Crippen LogP contribution in [0, 0.1) is 0 Å². The molecule has 0 aliphatic rings. The third kappa shape index (κ3) is 4.63. The van der Waals surface area contributed by atoms with Crippen molar-refractivity contribution in [3.8, 4) is 0 Å². The zero-order chi connectivity index (χ0) is 10.2. The summed E-state index contributed by atoms with van der Waals surface area (Å²) in [6, 6.07) is 0. The SMILES string of the molecule is CCC[N+](CCC)(CCC)CCO. The first-order chi connectivity index (χ1) is 6.24. The van der Waals surface area contributed by atoms with Crippen LogP contribution < -0.4 is 0 Å². The minimum atomic E-state index is 0.333. The Morgan fingerprint density at radius 1 is 0.769 bits per heavy atom. The average molecular weight is 188 g/mol. The third-order valence-corrected chi connectivity index (χ3v) is 2.67. The van der Waals surface area contributed by atoms with Crippen molar-refractivity contribution in [3.63, 3.8) is 0 Å². The largest absolute Gasteiger partial charge is 0.391 e. The monoisotopic (exact) mass is 188 g/mol. The number of nitrogens with zero attached hydrogens (tertiary/aromatic N) is 1. The predicted octanol–water partition coefficient (Wildman–Crippen LogP) is 2.03. The molecule has 0 heterocycles. The molecule has 0 aromatic carbocycles. The van der Waals surface area contributed by atoms with E-state index in [9.17, 15) is 0 Å². The quantitative estimate of drug-likeness (QED) is 0.578. The van der Waals surface area contributed by atoms with Crippen LogP contribution in [0.5, 0.6) is 0 Å². The van der Waals surface area contributed by atoms with Crippen molar-refractivity contribution in [1.29, 1.82) is 0 Å². The molecule has 2 heteroatoms. The van der Waals surface area contributed by atoms with Gasteiger partial charge in [0, 0.05) is 0 Å². The van der Waals surface area contributed by atoms with Crippen LogP contribution >= 0.6 is 0 Å². The van der Waals surface area contributed by atoms with Crippen LogP contribution in [0.1, 0.15) is 40.0 Å². The Hall–Kier alpha value is -0.0800. The third-order valence-electron chi connectivity index (χ3n) is 2.67. The molecule has 0 unspecified atom stereocenters. The Labute approximate surface area is 83.2 Å². The smallest absolute Gasteiger partial charge is 0.102 e. The summed E-state index contributed by atoms with van der Waals surface area (Å²) < 4.78 is 1.12. The van der Waals surface area contributed by atoms with Gasteiger partial charge in [0.2, 0.25) is 0 Å². The first kappa shape index (κ1) is 12.9. The van der Waals surface area contributed by atoms with Gasteiger partial charge in [0.15, 0.2) is 0 Å². The topological polar surface area (TPSA) is 20.2 Å². The average Bonchev–Trinajstić information content (AvgIpc) is 2.06. The van der Waals surface area contributed by atoms with Crippen LogP contribution in [-0.2, 0) is 0 Å². The minimum Gasteiger partial charge on any atom is -0.391 e. The highest BCUT2D eigenvalue weighted by Crippen LogP contribution is 2.10. The Morgan fingerprint density at radius 2 is 1.15 bits per heavy atom. The zero-order valence-corrected chi connectivity index (χ0v) is 9.55. The van der Waals surface area contributed by atoms with Crippen molar-refractivity contribution in [2.75, 3.05) is 32.8 Å². The van der Waals surface area contributed by atoms with E-state index in [4.69, 9.17) is 5.11 Å². The minimum absolute atomic E-state index is 0.333. The van der Waals surface area contributed by atoms with E-state index in [2.05, 4.69) is 20.8 Å². The molecule has 0 atom stereocenters. The Balaban J connectivity index is 4.19. The normalized spacial score (nSPS) is 12.0. The summed E-state index contributed by atoms with van der Waals surface area (Å²) in [5.41, 5.74) is 0. The number of hydrogen-bond donors (Lipinski definition) is 1. The predicted molar refractivity (Wildman–Crippen MR) is 57.7 cm³/mol. The van der Waals surface area contributed by atoms with Crippen molar-refractivity contribution in [3.05, 3.63) is 0 Å². The second-order valence-electron chi connectivity index (χ2n) is 3.96. The van der Waals surface area contributed by atoms with E-state index in [-0.39, 0.29) is 0 Å². The first-order valence-electron chi connectivity index (χ1n) is 5.70. The van der Waals surface area contributed by atoms with Crippen molar-refractivity contribution in [2.24, 2.45) is 0 Å². The highest BCUT2D eigenvalue weighted by Gasteiger charge is 2.23. The highest BCUT2D eigenvalue weighted by atomic mass is 16.3. The molecule has 1 N–H and O–H groups in total.